The van der Waals surface area contributed by atoms with Gasteiger partial charge in [0.25, 0.3) is 0 Å². The van der Waals surface area contributed by atoms with Crippen molar-refractivity contribution in [2.45, 2.75) is 25.3 Å². The summed E-state index contributed by atoms with van der Waals surface area (Å²) >= 11 is 0. The van der Waals surface area contributed by atoms with Gasteiger partial charge < -0.3 is 15.1 Å². The average Bonchev–Trinajstić information content (AvgIpc) is 2.19. The molecule has 3 heteroatoms. The molecule has 0 spiro atoms. The summed E-state index contributed by atoms with van der Waals surface area (Å²) in [5.74, 6) is 0.995. The van der Waals surface area contributed by atoms with Crippen LogP contribution >= 0.6 is 0 Å². The first kappa shape index (κ1) is 11.4. The van der Waals surface area contributed by atoms with Crippen molar-refractivity contribution in [1.82, 2.24) is 15.1 Å². The van der Waals surface area contributed by atoms with Crippen LogP contribution in [0.5, 0.6) is 0 Å². The molecule has 2 rings (SSSR count). The third-order valence-corrected chi connectivity index (χ3v) is 4.06. The van der Waals surface area contributed by atoms with Gasteiger partial charge in [-0.1, -0.05) is 0 Å². The number of likely N-dealkylation sites (tertiary alicyclic amines) is 2. The predicted octanol–water partition coefficient (Wildman–Crippen LogP) is 0.622. The fourth-order valence-electron chi connectivity index (χ4n) is 2.65. The Bertz CT molecular complexity index is 181. The zero-order chi connectivity index (χ0) is 10.7. The van der Waals surface area contributed by atoms with Gasteiger partial charge in [0.2, 0.25) is 0 Å². The van der Waals surface area contributed by atoms with Crippen LogP contribution in [0.15, 0.2) is 0 Å². The molecule has 0 atom stereocenters. The summed E-state index contributed by atoms with van der Waals surface area (Å²) < 4.78 is 0. The molecular formula is C12H25N3. The van der Waals surface area contributed by atoms with Crippen LogP contribution in [-0.4, -0.2) is 62.7 Å². The van der Waals surface area contributed by atoms with Gasteiger partial charge in [0, 0.05) is 19.1 Å². The average molecular weight is 211 g/mol. The first-order valence-electron chi connectivity index (χ1n) is 6.36. The SMILES string of the molecule is CNC1CN(CCC2CCN(C)CC2)C1. The van der Waals surface area contributed by atoms with E-state index in [9.17, 15) is 0 Å². The number of nitrogens with one attached hydrogen (secondary N) is 1. The summed E-state index contributed by atoms with van der Waals surface area (Å²) in [6.45, 7) is 6.48. The van der Waals surface area contributed by atoms with E-state index in [1.54, 1.807) is 0 Å². The van der Waals surface area contributed by atoms with Gasteiger partial charge in [0.05, 0.1) is 0 Å². The Morgan fingerprint density at radius 1 is 1.20 bits per heavy atom. The van der Waals surface area contributed by atoms with Crippen molar-refractivity contribution >= 4 is 0 Å². The molecule has 1 N–H and O–H groups in total. The normalized spacial score (nSPS) is 26.8. The second-order valence-electron chi connectivity index (χ2n) is 5.28. The molecule has 2 fully saturated rings. The molecule has 0 unspecified atom stereocenters. The van der Waals surface area contributed by atoms with Crippen molar-refractivity contribution in [2.24, 2.45) is 5.92 Å². The third kappa shape index (κ3) is 3.16. The summed E-state index contributed by atoms with van der Waals surface area (Å²) in [5.41, 5.74) is 0. The quantitative estimate of drug-likeness (QED) is 0.735. The monoisotopic (exact) mass is 211 g/mol. The van der Waals surface area contributed by atoms with Gasteiger partial charge in [0.1, 0.15) is 0 Å². The van der Waals surface area contributed by atoms with Crippen LogP contribution in [-0.2, 0) is 0 Å². The molecule has 0 aromatic carbocycles. The van der Waals surface area contributed by atoms with E-state index < -0.39 is 0 Å². The number of hydrogen-bond donors (Lipinski definition) is 1. The second-order valence-corrected chi connectivity index (χ2v) is 5.28. The molecule has 88 valence electrons. The van der Waals surface area contributed by atoms with E-state index in [4.69, 9.17) is 0 Å². The molecule has 0 aliphatic carbocycles. The van der Waals surface area contributed by atoms with E-state index in [1.165, 1.54) is 52.0 Å². The minimum Gasteiger partial charge on any atom is -0.315 e. The van der Waals surface area contributed by atoms with Crippen LogP contribution < -0.4 is 5.32 Å². The zero-order valence-electron chi connectivity index (χ0n) is 10.2. The zero-order valence-corrected chi connectivity index (χ0v) is 10.2. The molecule has 2 heterocycles. The molecular weight excluding hydrogens is 186 g/mol. The van der Waals surface area contributed by atoms with Crippen molar-refractivity contribution in [1.29, 1.82) is 0 Å². The number of piperidine rings is 1. The first-order chi connectivity index (χ1) is 7.28. The molecule has 0 aromatic heterocycles. The van der Waals surface area contributed by atoms with E-state index in [0.29, 0.717) is 0 Å². The Balaban J connectivity index is 1.55. The number of likely N-dealkylation sites (N-methyl/N-ethyl adjacent to an activating group) is 1. The molecule has 0 radical (unpaired) electrons. The molecule has 0 bridgehead atoms. The Morgan fingerprint density at radius 3 is 2.47 bits per heavy atom. The van der Waals surface area contributed by atoms with Crippen molar-refractivity contribution in [3.05, 3.63) is 0 Å². The Labute approximate surface area is 93.8 Å². The van der Waals surface area contributed by atoms with Gasteiger partial charge in [-0.2, -0.15) is 0 Å². The maximum Gasteiger partial charge on any atom is 0.0320 e. The van der Waals surface area contributed by atoms with E-state index >= 15 is 0 Å². The Morgan fingerprint density at radius 2 is 1.87 bits per heavy atom. The van der Waals surface area contributed by atoms with Crippen LogP contribution in [0.4, 0.5) is 0 Å². The third-order valence-electron chi connectivity index (χ3n) is 4.06. The number of nitrogens with zero attached hydrogens (tertiary/aromatic N) is 2. The maximum absolute atomic E-state index is 3.33. The van der Waals surface area contributed by atoms with Crippen LogP contribution in [0.25, 0.3) is 0 Å². The Hall–Kier alpha value is -0.120. The summed E-state index contributed by atoms with van der Waals surface area (Å²) in [6, 6.07) is 0.766. The molecule has 0 amide bonds. The lowest BCUT2D eigenvalue weighted by atomic mass is 9.93. The fourth-order valence-corrected chi connectivity index (χ4v) is 2.65. The van der Waals surface area contributed by atoms with Gasteiger partial charge in [-0.3, -0.25) is 0 Å². The molecule has 15 heavy (non-hydrogen) atoms. The second kappa shape index (κ2) is 5.28. The molecule has 3 nitrogen and oxygen atoms in total. The highest BCUT2D eigenvalue weighted by Crippen LogP contribution is 2.20. The standard InChI is InChI=1S/C12H25N3/c1-13-12-9-15(10-12)8-5-11-3-6-14(2)7-4-11/h11-13H,3-10H2,1-2H3. The lowest BCUT2D eigenvalue weighted by Gasteiger charge is -2.40. The molecule has 2 aliphatic heterocycles. The molecule has 0 aromatic rings. The summed E-state index contributed by atoms with van der Waals surface area (Å²) in [4.78, 5) is 5.04. The summed E-state index contributed by atoms with van der Waals surface area (Å²) in [6.07, 6.45) is 4.25. The van der Waals surface area contributed by atoms with Crippen molar-refractivity contribution < 1.29 is 0 Å². The minimum atomic E-state index is 0.766. The Kier molecular flexibility index (Phi) is 4.00. The highest BCUT2D eigenvalue weighted by molar-refractivity contribution is 4.85. The largest absolute Gasteiger partial charge is 0.315 e. The van der Waals surface area contributed by atoms with Crippen molar-refractivity contribution in [3.8, 4) is 0 Å². The maximum atomic E-state index is 3.33. The summed E-state index contributed by atoms with van der Waals surface area (Å²) in [5, 5.41) is 3.33. The van der Waals surface area contributed by atoms with Crippen LogP contribution in [0.2, 0.25) is 0 Å². The fraction of sp³-hybridized carbons (Fsp3) is 1.00. The minimum absolute atomic E-state index is 0.766. The number of rotatable bonds is 4. The molecule has 2 aliphatic rings. The topological polar surface area (TPSA) is 18.5 Å². The first-order valence-corrected chi connectivity index (χ1v) is 6.36. The number of hydrogen-bond acceptors (Lipinski definition) is 3. The van der Waals surface area contributed by atoms with Crippen molar-refractivity contribution in [3.63, 3.8) is 0 Å². The van der Waals surface area contributed by atoms with Gasteiger partial charge in [0.15, 0.2) is 0 Å². The van der Waals surface area contributed by atoms with Crippen LogP contribution in [0, 0.1) is 5.92 Å². The van der Waals surface area contributed by atoms with Crippen molar-refractivity contribution in [2.75, 3.05) is 46.8 Å². The van der Waals surface area contributed by atoms with Gasteiger partial charge >= 0.3 is 0 Å². The van der Waals surface area contributed by atoms with Gasteiger partial charge in [-0.25, -0.2) is 0 Å². The van der Waals surface area contributed by atoms with Gasteiger partial charge in [-0.05, 0) is 58.9 Å². The van der Waals surface area contributed by atoms with Gasteiger partial charge in [-0.15, -0.1) is 0 Å². The summed E-state index contributed by atoms with van der Waals surface area (Å²) in [7, 11) is 4.31. The predicted molar refractivity (Wildman–Crippen MR) is 64.1 cm³/mol. The van der Waals surface area contributed by atoms with E-state index in [2.05, 4.69) is 29.2 Å². The lowest BCUT2D eigenvalue weighted by molar-refractivity contribution is 0.113. The highest BCUT2D eigenvalue weighted by atomic mass is 15.2. The van der Waals surface area contributed by atoms with E-state index in [1.807, 2.05) is 0 Å². The molecule has 0 saturated carbocycles. The smallest absolute Gasteiger partial charge is 0.0320 e. The highest BCUT2D eigenvalue weighted by Gasteiger charge is 2.25. The lowest BCUT2D eigenvalue weighted by Crippen LogP contribution is -2.57. The van der Waals surface area contributed by atoms with Crippen LogP contribution in [0.1, 0.15) is 19.3 Å². The van der Waals surface area contributed by atoms with Crippen LogP contribution in [0.3, 0.4) is 0 Å². The van der Waals surface area contributed by atoms with E-state index in [-0.39, 0.29) is 0 Å². The molecule has 2 saturated heterocycles. The van der Waals surface area contributed by atoms with E-state index in [0.717, 1.165) is 12.0 Å².